The molecule has 0 fully saturated rings. The predicted octanol–water partition coefficient (Wildman–Crippen LogP) is 1.73. The third kappa shape index (κ3) is 2.52. The lowest BCUT2D eigenvalue weighted by Crippen LogP contribution is -2.22. The minimum atomic E-state index is -0.124. The topological polar surface area (TPSA) is 51.0 Å². The largest absolute Gasteiger partial charge is 0.343 e. The maximum Gasteiger partial charge on any atom is 0.273 e. The number of amides is 1. The Bertz CT molecular complexity index is 533. The molecule has 5 nitrogen and oxygen atoms in total. The molecule has 88 valence electrons. The highest BCUT2D eigenvalue weighted by Gasteiger charge is 2.12. The van der Waals surface area contributed by atoms with Crippen LogP contribution in [0.25, 0.3) is 5.82 Å². The van der Waals surface area contributed by atoms with E-state index in [4.69, 9.17) is 0 Å². The van der Waals surface area contributed by atoms with Crippen molar-refractivity contribution in [2.75, 3.05) is 14.1 Å². The summed E-state index contributed by atoms with van der Waals surface area (Å²) >= 11 is 3.31. The van der Waals surface area contributed by atoms with E-state index in [2.05, 4.69) is 26.0 Å². The molecule has 0 saturated heterocycles. The van der Waals surface area contributed by atoms with Crippen molar-refractivity contribution in [3.05, 3.63) is 40.8 Å². The Hall–Kier alpha value is -1.69. The highest BCUT2D eigenvalue weighted by molar-refractivity contribution is 9.10. The second-order valence-corrected chi connectivity index (χ2v) is 4.60. The number of halogens is 1. The summed E-state index contributed by atoms with van der Waals surface area (Å²) < 4.78 is 2.47. The van der Waals surface area contributed by atoms with Crippen molar-refractivity contribution < 1.29 is 4.79 Å². The molecule has 1 amide bonds. The van der Waals surface area contributed by atoms with E-state index in [1.54, 1.807) is 37.2 Å². The van der Waals surface area contributed by atoms with E-state index in [-0.39, 0.29) is 5.91 Å². The normalized spacial score (nSPS) is 10.3. The Kier molecular flexibility index (Phi) is 3.23. The second-order valence-electron chi connectivity index (χ2n) is 3.68. The summed E-state index contributed by atoms with van der Waals surface area (Å²) in [5.41, 5.74) is 0.403. The van der Waals surface area contributed by atoms with Crippen molar-refractivity contribution >= 4 is 21.8 Å². The van der Waals surface area contributed by atoms with Crippen LogP contribution in [0, 0.1) is 0 Å². The van der Waals surface area contributed by atoms with Crippen LogP contribution in [0.3, 0.4) is 0 Å². The lowest BCUT2D eigenvalue weighted by Gasteiger charge is -2.06. The van der Waals surface area contributed by atoms with Crippen LogP contribution >= 0.6 is 15.9 Å². The Morgan fingerprint density at radius 3 is 2.71 bits per heavy atom. The van der Waals surface area contributed by atoms with Crippen LogP contribution in [0.2, 0.25) is 0 Å². The van der Waals surface area contributed by atoms with Gasteiger partial charge in [-0.2, -0.15) is 5.10 Å². The number of nitrogens with zero attached hydrogens (tertiary/aromatic N) is 4. The number of hydrogen-bond donors (Lipinski definition) is 0. The standard InChI is InChI=1S/C11H11BrN4O/c1-15(2)11(17)9-5-6-16(14-9)10-4-3-8(12)7-13-10/h3-7H,1-2H3. The molecule has 0 atom stereocenters. The Morgan fingerprint density at radius 1 is 1.35 bits per heavy atom. The van der Waals surface area contributed by atoms with Gasteiger partial charge >= 0.3 is 0 Å². The van der Waals surface area contributed by atoms with Crippen LogP contribution < -0.4 is 0 Å². The summed E-state index contributed by atoms with van der Waals surface area (Å²) in [6.45, 7) is 0. The Balaban J connectivity index is 2.30. The lowest BCUT2D eigenvalue weighted by molar-refractivity contribution is 0.0821. The molecule has 2 aromatic rings. The quantitative estimate of drug-likeness (QED) is 0.848. The zero-order valence-corrected chi connectivity index (χ0v) is 11.0. The molecule has 2 heterocycles. The summed E-state index contributed by atoms with van der Waals surface area (Å²) in [4.78, 5) is 17.3. The molecule has 17 heavy (non-hydrogen) atoms. The molecule has 0 spiro atoms. The first-order valence-corrected chi connectivity index (χ1v) is 5.76. The van der Waals surface area contributed by atoms with Crippen LogP contribution in [0.1, 0.15) is 10.5 Å². The SMILES string of the molecule is CN(C)C(=O)c1ccn(-c2ccc(Br)cn2)n1. The first-order chi connectivity index (χ1) is 8.08. The van der Waals surface area contributed by atoms with E-state index in [1.807, 2.05) is 12.1 Å². The maximum absolute atomic E-state index is 11.7. The van der Waals surface area contributed by atoms with Gasteiger partial charge in [0, 0.05) is 31.0 Å². The van der Waals surface area contributed by atoms with Gasteiger partial charge in [-0.25, -0.2) is 9.67 Å². The van der Waals surface area contributed by atoms with Gasteiger partial charge in [-0.1, -0.05) is 0 Å². The highest BCUT2D eigenvalue weighted by Crippen LogP contribution is 2.10. The van der Waals surface area contributed by atoms with E-state index < -0.39 is 0 Å². The molecule has 0 saturated carbocycles. The van der Waals surface area contributed by atoms with Crippen molar-refractivity contribution in [1.29, 1.82) is 0 Å². The van der Waals surface area contributed by atoms with Gasteiger partial charge in [-0.15, -0.1) is 0 Å². The number of rotatable bonds is 2. The van der Waals surface area contributed by atoms with Crippen LogP contribution in [-0.2, 0) is 0 Å². The third-order valence-corrected chi connectivity index (χ3v) is 2.63. The molecular formula is C11H11BrN4O. The van der Waals surface area contributed by atoms with Crippen molar-refractivity contribution in [3.63, 3.8) is 0 Å². The van der Waals surface area contributed by atoms with Gasteiger partial charge in [0.05, 0.1) is 0 Å². The number of pyridine rings is 1. The van der Waals surface area contributed by atoms with Crippen molar-refractivity contribution in [2.45, 2.75) is 0 Å². The molecule has 0 bridgehead atoms. The summed E-state index contributed by atoms with van der Waals surface area (Å²) in [7, 11) is 3.39. The Morgan fingerprint density at radius 2 is 2.12 bits per heavy atom. The molecule has 0 aromatic carbocycles. The highest BCUT2D eigenvalue weighted by atomic mass is 79.9. The van der Waals surface area contributed by atoms with Gasteiger partial charge < -0.3 is 4.90 Å². The summed E-state index contributed by atoms with van der Waals surface area (Å²) in [6.07, 6.45) is 3.40. The van der Waals surface area contributed by atoms with E-state index in [0.29, 0.717) is 11.5 Å². The molecule has 0 unspecified atom stereocenters. The van der Waals surface area contributed by atoms with Gasteiger partial charge in [-0.05, 0) is 34.1 Å². The zero-order chi connectivity index (χ0) is 12.4. The first-order valence-electron chi connectivity index (χ1n) is 4.97. The molecule has 6 heteroatoms. The van der Waals surface area contributed by atoms with Gasteiger partial charge in [-0.3, -0.25) is 4.79 Å². The average molecular weight is 295 g/mol. The third-order valence-electron chi connectivity index (χ3n) is 2.16. The number of carbonyl (C=O) groups excluding carboxylic acids is 1. The maximum atomic E-state index is 11.7. The summed E-state index contributed by atoms with van der Waals surface area (Å²) in [5.74, 6) is 0.548. The van der Waals surface area contributed by atoms with Crippen molar-refractivity contribution in [2.24, 2.45) is 0 Å². The van der Waals surface area contributed by atoms with E-state index in [1.165, 1.54) is 4.90 Å². The first kappa shape index (κ1) is 11.8. The molecule has 0 radical (unpaired) electrons. The molecule has 2 rings (SSSR count). The fraction of sp³-hybridized carbons (Fsp3) is 0.182. The van der Waals surface area contributed by atoms with E-state index in [0.717, 1.165) is 4.47 Å². The minimum Gasteiger partial charge on any atom is -0.343 e. The van der Waals surface area contributed by atoms with Gasteiger partial charge in [0.2, 0.25) is 0 Å². The molecule has 0 N–H and O–H groups in total. The van der Waals surface area contributed by atoms with Gasteiger partial charge in [0.1, 0.15) is 0 Å². The number of carbonyl (C=O) groups is 1. The molecule has 0 aliphatic carbocycles. The van der Waals surface area contributed by atoms with Gasteiger partial charge in [0.25, 0.3) is 5.91 Å². The molecule has 0 aliphatic rings. The van der Waals surface area contributed by atoms with Crippen molar-refractivity contribution in [1.82, 2.24) is 19.7 Å². The summed E-state index contributed by atoms with van der Waals surface area (Å²) in [5, 5.41) is 4.18. The fourth-order valence-electron chi connectivity index (χ4n) is 1.30. The smallest absolute Gasteiger partial charge is 0.273 e. The Labute approximate surface area is 107 Å². The minimum absolute atomic E-state index is 0.124. The molecular weight excluding hydrogens is 284 g/mol. The fourth-order valence-corrected chi connectivity index (χ4v) is 1.53. The molecule has 2 aromatic heterocycles. The monoisotopic (exact) mass is 294 g/mol. The van der Waals surface area contributed by atoms with E-state index in [9.17, 15) is 4.79 Å². The summed E-state index contributed by atoms with van der Waals surface area (Å²) in [6, 6.07) is 5.37. The van der Waals surface area contributed by atoms with Crippen LogP contribution in [0.4, 0.5) is 0 Å². The van der Waals surface area contributed by atoms with Crippen molar-refractivity contribution in [3.8, 4) is 5.82 Å². The average Bonchev–Trinajstić information content (AvgIpc) is 2.78. The van der Waals surface area contributed by atoms with Gasteiger partial charge in [0.15, 0.2) is 11.5 Å². The molecule has 0 aliphatic heterocycles. The van der Waals surface area contributed by atoms with E-state index >= 15 is 0 Å². The van der Waals surface area contributed by atoms with Crippen LogP contribution in [-0.4, -0.2) is 39.7 Å². The lowest BCUT2D eigenvalue weighted by atomic mass is 10.4. The number of aromatic nitrogens is 3. The number of hydrogen-bond acceptors (Lipinski definition) is 3. The zero-order valence-electron chi connectivity index (χ0n) is 9.46. The predicted molar refractivity (Wildman–Crippen MR) is 67.1 cm³/mol. The second kappa shape index (κ2) is 4.67. The van der Waals surface area contributed by atoms with Crippen LogP contribution in [0.15, 0.2) is 35.1 Å². The van der Waals surface area contributed by atoms with Crippen LogP contribution in [0.5, 0.6) is 0 Å².